The van der Waals surface area contributed by atoms with Crippen LogP contribution in [0, 0.1) is 22.7 Å². The van der Waals surface area contributed by atoms with Gasteiger partial charge in [-0.15, -0.1) is 0 Å². The first kappa shape index (κ1) is 30.1. The summed E-state index contributed by atoms with van der Waals surface area (Å²) in [5, 5.41) is 13.2. The standard InChI is InChI=1S/C31H39NO9/c1-18-24(14-25(23-11-13-39-29(23)37)32-21-6-8-22(36)9-7-21)30(4)12-10-28(41-20(3)35)31(5,16-38-17-33)27(30)15-26(18)40-19(2)34/h6-9,11,17,24-28,32,36H,1,10,12-16H2,2-5H3/t24-,25-,26+,27+,28-,30+,31+/m1/s1. The number of esters is 3. The van der Waals surface area contributed by atoms with Crippen LogP contribution in [0.3, 0.4) is 0 Å². The molecule has 0 aromatic heterocycles. The van der Waals surface area contributed by atoms with Crippen molar-refractivity contribution in [3.05, 3.63) is 48.1 Å². The average molecular weight is 570 g/mol. The summed E-state index contributed by atoms with van der Waals surface area (Å²) in [4.78, 5) is 48.3. The van der Waals surface area contributed by atoms with Crippen molar-refractivity contribution in [3.63, 3.8) is 0 Å². The highest BCUT2D eigenvalue weighted by Gasteiger charge is 2.62. The summed E-state index contributed by atoms with van der Waals surface area (Å²) in [6.07, 6.45) is 2.67. The van der Waals surface area contributed by atoms with Crippen molar-refractivity contribution in [3.8, 4) is 5.75 Å². The number of nitrogens with one attached hydrogen (secondary N) is 1. The molecule has 1 aromatic carbocycles. The minimum Gasteiger partial charge on any atom is -0.508 e. The molecule has 1 aliphatic heterocycles. The number of benzene rings is 1. The zero-order valence-electron chi connectivity index (χ0n) is 24.0. The third kappa shape index (κ3) is 6.11. The van der Waals surface area contributed by atoms with Crippen LogP contribution in [0.4, 0.5) is 5.69 Å². The molecule has 0 unspecified atom stereocenters. The van der Waals surface area contributed by atoms with Gasteiger partial charge in [-0.05, 0) is 78.8 Å². The number of fused-ring (bicyclic) bond motifs is 1. The average Bonchev–Trinajstić information content (AvgIpc) is 3.34. The van der Waals surface area contributed by atoms with E-state index in [1.807, 2.05) is 6.92 Å². The van der Waals surface area contributed by atoms with Gasteiger partial charge >= 0.3 is 17.9 Å². The third-order valence-corrected chi connectivity index (χ3v) is 9.27. The predicted octanol–water partition coefficient (Wildman–Crippen LogP) is 4.08. The molecule has 2 fully saturated rings. The maximum absolute atomic E-state index is 12.8. The molecule has 10 heteroatoms. The molecule has 1 aromatic rings. The van der Waals surface area contributed by atoms with E-state index in [0.29, 0.717) is 43.4 Å². The summed E-state index contributed by atoms with van der Waals surface area (Å²) in [5.41, 5.74) is 0.719. The van der Waals surface area contributed by atoms with E-state index in [2.05, 4.69) is 18.8 Å². The molecule has 2 saturated carbocycles. The van der Waals surface area contributed by atoms with Gasteiger partial charge in [-0.1, -0.05) is 20.4 Å². The molecule has 2 N–H and O–H groups in total. The summed E-state index contributed by atoms with van der Waals surface area (Å²) in [5.74, 6) is -1.61. The Hall–Kier alpha value is -3.82. The molecule has 3 aliphatic rings. The molecule has 7 atom stereocenters. The predicted molar refractivity (Wildman–Crippen MR) is 148 cm³/mol. The smallest absolute Gasteiger partial charge is 0.336 e. The highest BCUT2D eigenvalue weighted by atomic mass is 16.6. The number of cyclic esters (lactones) is 1. The fourth-order valence-corrected chi connectivity index (χ4v) is 7.35. The van der Waals surface area contributed by atoms with Crippen LogP contribution >= 0.6 is 0 Å². The van der Waals surface area contributed by atoms with Gasteiger partial charge in [-0.2, -0.15) is 0 Å². The largest absolute Gasteiger partial charge is 0.508 e. The fourth-order valence-electron chi connectivity index (χ4n) is 7.35. The van der Waals surface area contributed by atoms with Crippen LogP contribution in [0.25, 0.3) is 0 Å². The Bertz CT molecular complexity index is 1220. The summed E-state index contributed by atoms with van der Waals surface area (Å²) in [6, 6.07) is 6.09. The Morgan fingerprint density at radius 1 is 1.20 bits per heavy atom. The molecule has 0 bridgehead atoms. The van der Waals surface area contributed by atoms with E-state index in [0.717, 1.165) is 5.57 Å². The van der Waals surface area contributed by atoms with Crippen molar-refractivity contribution in [2.45, 2.75) is 71.6 Å². The van der Waals surface area contributed by atoms with Crippen LogP contribution in [-0.4, -0.2) is 61.0 Å². The van der Waals surface area contributed by atoms with Crippen molar-refractivity contribution < 1.29 is 43.2 Å². The second-order valence-electron chi connectivity index (χ2n) is 11.8. The SMILES string of the molecule is C=C1[C@@H](OC(C)=O)C[C@@H]2[C@](C)(COC=O)[C@H](OC(C)=O)CC[C@@]2(C)[C@@H]1C[C@@H](Nc1ccc(O)cc1)C1=CCOC1=O. The summed E-state index contributed by atoms with van der Waals surface area (Å²) in [7, 11) is 0. The van der Waals surface area contributed by atoms with Crippen LogP contribution in [0.5, 0.6) is 5.75 Å². The Morgan fingerprint density at radius 2 is 1.88 bits per heavy atom. The Kier molecular flexibility index (Phi) is 8.80. The highest BCUT2D eigenvalue weighted by molar-refractivity contribution is 5.92. The topological polar surface area (TPSA) is 137 Å². The first-order valence-electron chi connectivity index (χ1n) is 13.9. The molecule has 10 nitrogen and oxygen atoms in total. The van der Waals surface area contributed by atoms with Crippen molar-refractivity contribution >= 4 is 30.1 Å². The van der Waals surface area contributed by atoms with Crippen LogP contribution in [0.15, 0.2) is 48.1 Å². The lowest BCUT2D eigenvalue weighted by atomic mass is 9.45. The van der Waals surface area contributed by atoms with Crippen molar-refractivity contribution in [1.29, 1.82) is 0 Å². The van der Waals surface area contributed by atoms with Crippen LogP contribution in [-0.2, 0) is 38.1 Å². The molecule has 1 heterocycles. The summed E-state index contributed by atoms with van der Waals surface area (Å²) >= 11 is 0. The fraction of sp³-hybridized carbons (Fsp3) is 0.548. The van der Waals surface area contributed by atoms with E-state index < -0.39 is 47.0 Å². The molecule has 222 valence electrons. The Balaban J connectivity index is 1.77. The zero-order chi connectivity index (χ0) is 29.9. The van der Waals surface area contributed by atoms with Crippen LogP contribution < -0.4 is 5.32 Å². The van der Waals surface area contributed by atoms with E-state index in [4.69, 9.17) is 18.9 Å². The molecular weight excluding hydrogens is 530 g/mol. The van der Waals surface area contributed by atoms with Crippen LogP contribution in [0.2, 0.25) is 0 Å². The molecule has 0 radical (unpaired) electrons. The lowest BCUT2D eigenvalue weighted by Gasteiger charge is -2.61. The number of hydrogen-bond donors (Lipinski definition) is 2. The minimum atomic E-state index is -0.775. The first-order chi connectivity index (χ1) is 19.4. The lowest BCUT2D eigenvalue weighted by Crippen LogP contribution is -2.61. The van der Waals surface area contributed by atoms with Crippen molar-refractivity contribution in [1.82, 2.24) is 0 Å². The number of phenols is 1. The molecule has 41 heavy (non-hydrogen) atoms. The van der Waals surface area contributed by atoms with Crippen LogP contribution in [0.1, 0.15) is 53.4 Å². The van der Waals surface area contributed by atoms with Gasteiger partial charge < -0.3 is 29.4 Å². The minimum absolute atomic E-state index is 0.0212. The summed E-state index contributed by atoms with van der Waals surface area (Å²) in [6.45, 7) is 11.8. The van der Waals surface area contributed by atoms with Crippen molar-refractivity contribution in [2.75, 3.05) is 18.5 Å². The normalized spacial score (nSPS) is 31.7. The van der Waals surface area contributed by atoms with E-state index in [1.165, 1.54) is 13.8 Å². The number of aromatic hydroxyl groups is 1. The molecule has 2 aliphatic carbocycles. The first-order valence-corrected chi connectivity index (χ1v) is 13.9. The van der Waals surface area contributed by atoms with Gasteiger partial charge in [0.2, 0.25) is 0 Å². The quantitative estimate of drug-likeness (QED) is 0.139. The van der Waals surface area contributed by atoms with E-state index >= 15 is 0 Å². The zero-order valence-corrected chi connectivity index (χ0v) is 24.0. The number of ether oxygens (including phenoxy) is 4. The molecule has 0 amide bonds. The molecule has 0 saturated heterocycles. The van der Waals surface area contributed by atoms with E-state index in [-0.39, 0.29) is 30.8 Å². The number of carbonyl (C=O) groups is 4. The molecular formula is C31H39NO9. The van der Waals surface area contributed by atoms with Gasteiger partial charge in [-0.25, -0.2) is 4.79 Å². The second-order valence-corrected chi connectivity index (χ2v) is 11.8. The van der Waals surface area contributed by atoms with Gasteiger partial charge in [0, 0.05) is 24.9 Å². The molecule has 4 rings (SSSR count). The van der Waals surface area contributed by atoms with Gasteiger partial charge in [-0.3, -0.25) is 14.4 Å². The van der Waals surface area contributed by atoms with Crippen molar-refractivity contribution in [2.24, 2.45) is 22.7 Å². The van der Waals surface area contributed by atoms with E-state index in [1.54, 1.807) is 30.3 Å². The Morgan fingerprint density at radius 3 is 2.46 bits per heavy atom. The van der Waals surface area contributed by atoms with Gasteiger partial charge in [0.05, 0.1) is 11.6 Å². The third-order valence-electron chi connectivity index (χ3n) is 9.27. The highest BCUT2D eigenvalue weighted by Crippen LogP contribution is 2.63. The maximum atomic E-state index is 12.8. The van der Waals surface area contributed by atoms with Gasteiger partial charge in [0.25, 0.3) is 6.47 Å². The van der Waals surface area contributed by atoms with Gasteiger partial charge in [0.15, 0.2) is 0 Å². The number of carbonyl (C=O) groups excluding carboxylic acids is 4. The monoisotopic (exact) mass is 569 g/mol. The summed E-state index contributed by atoms with van der Waals surface area (Å²) < 4.78 is 22.1. The number of rotatable bonds is 10. The lowest BCUT2D eigenvalue weighted by molar-refractivity contribution is -0.197. The number of hydrogen-bond acceptors (Lipinski definition) is 10. The second kappa shape index (κ2) is 12.0. The Labute approximate surface area is 240 Å². The maximum Gasteiger partial charge on any atom is 0.336 e. The number of anilines is 1. The molecule has 0 spiro atoms. The van der Waals surface area contributed by atoms with E-state index in [9.17, 15) is 24.3 Å². The number of phenolic OH excluding ortho intramolecular Hbond substituents is 1. The van der Waals surface area contributed by atoms with Gasteiger partial charge in [0.1, 0.15) is 31.2 Å².